The van der Waals surface area contributed by atoms with Gasteiger partial charge in [-0.2, -0.15) is 0 Å². The number of nitrogens with zero attached hydrogens (tertiary/aromatic N) is 2. The number of nitro benzene ring substituents is 1. The minimum Gasteiger partial charge on any atom is -0.465 e. The summed E-state index contributed by atoms with van der Waals surface area (Å²) in [6, 6.07) is 4.48. The van der Waals surface area contributed by atoms with Gasteiger partial charge in [0.05, 0.1) is 11.5 Å². The van der Waals surface area contributed by atoms with Crippen LogP contribution < -0.4 is 0 Å². The van der Waals surface area contributed by atoms with Gasteiger partial charge in [0.2, 0.25) is 0 Å². The lowest BCUT2D eigenvalue weighted by Crippen LogP contribution is -2.36. The number of non-ortho nitro benzene ring substituents is 1. The Balaban J connectivity index is 2.10. The molecule has 21 heavy (non-hydrogen) atoms. The standard InChI is InChI=1S/C14H17BrN2O4/c1-2-21-14(18)13-4-3-7-16(13)9-10-5-6-11(17(19)20)8-12(10)15/h5-6,8,13H,2-4,7,9H2,1H3. The van der Waals surface area contributed by atoms with E-state index in [4.69, 9.17) is 4.74 Å². The first kappa shape index (κ1) is 15.9. The molecular formula is C14H17BrN2O4. The first-order chi connectivity index (χ1) is 10.0. The van der Waals surface area contributed by atoms with Crippen molar-refractivity contribution >= 4 is 27.6 Å². The lowest BCUT2D eigenvalue weighted by Gasteiger charge is -2.23. The maximum atomic E-state index is 11.9. The Labute approximate surface area is 131 Å². The van der Waals surface area contributed by atoms with E-state index >= 15 is 0 Å². The first-order valence-corrected chi connectivity index (χ1v) is 7.65. The first-order valence-electron chi connectivity index (χ1n) is 6.86. The van der Waals surface area contributed by atoms with Crippen molar-refractivity contribution in [2.24, 2.45) is 0 Å². The normalized spacial score (nSPS) is 18.7. The second-order valence-electron chi connectivity index (χ2n) is 4.91. The largest absolute Gasteiger partial charge is 0.465 e. The van der Waals surface area contributed by atoms with Gasteiger partial charge in [-0.1, -0.05) is 15.9 Å². The summed E-state index contributed by atoms with van der Waals surface area (Å²) in [6.07, 6.45) is 1.75. The molecule has 2 rings (SSSR count). The molecule has 0 amide bonds. The van der Waals surface area contributed by atoms with Gasteiger partial charge in [0.25, 0.3) is 5.69 Å². The highest BCUT2D eigenvalue weighted by Gasteiger charge is 2.32. The summed E-state index contributed by atoms with van der Waals surface area (Å²) < 4.78 is 5.78. The van der Waals surface area contributed by atoms with Crippen molar-refractivity contribution in [1.82, 2.24) is 4.90 Å². The zero-order chi connectivity index (χ0) is 15.4. The third-order valence-electron chi connectivity index (χ3n) is 3.54. The Morgan fingerprint density at radius 2 is 2.33 bits per heavy atom. The summed E-state index contributed by atoms with van der Waals surface area (Å²) in [6.45, 7) is 3.57. The van der Waals surface area contributed by atoms with Gasteiger partial charge in [-0.05, 0) is 37.9 Å². The van der Waals surface area contributed by atoms with Crippen molar-refractivity contribution in [2.45, 2.75) is 32.4 Å². The number of carbonyl (C=O) groups excluding carboxylic acids is 1. The average molecular weight is 357 g/mol. The van der Waals surface area contributed by atoms with Crippen LogP contribution in [-0.2, 0) is 16.1 Å². The van der Waals surface area contributed by atoms with Crippen LogP contribution in [0.4, 0.5) is 5.69 Å². The van der Waals surface area contributed by atoms with Crippen molar-refractivity contribution in [3.8, 4) is 0 Å². The van der Waals surface area contributed by atoms with Crippen LogP contribution in [0.15, 0.2) is 22.7 Å². The zero-order valence-corrected chi connectivity index (χ0v) is 13.3. The van der Waals surface area contributed by atoms with Crippen LogP contribution in [0.25, 0.3) is 0 Å². The van der Waals surface area contributed by atoms with Crippen molar-refractivity contribution in [3.05, 3.63) is 38.3 Å². The van der Waals surface area contributed by atoms with Crippen LogP contribution in [0.2, 0.25) is 0 Å². The van der Waals surface area contributed by atoms with Gasteiger partial charge in [-0.15, -0.1) is 0 Å². The number of carbonyl (C=O) groups is 1. The molecule has 0 N–H and O–H groups in total. The lowest BCUT2D eigenvalue weighted by atomic mass is 10.1. The van der Waals surface area contributed by atoms with E-state index in [1.54, 1.807) is 13.0 Å². The molecule has 1 fully saturated rings. The van der Waals surface area contributed by atoms with Crippen molar-refractivity contribution < 1.29 is 14.5 Å². The van der Waals surface area contributed by atoms with E-state index in [0.29, 0.717) is 17.6 Å². The predicted octanol–water partition coefficient (Wildman–Crippen LogP) is 2.88. The van der Waals surface area contributed by atoms with Crippen molar-refractivity contribution in [2.75, 3.05) is 13.2 Å². The van der Waals surface area contributed by atoms with Crippen molar-refractivity contribution in [1.29, 1.82) is 0 Å². The minimum atomic E-state index is -0.425. The molecule has 0 bridgehead atoms. The van der Waals surface area contributed by atoms with Crippen LogP contribution in [0, 0.1) is 10.1 Å². The smallest absolute Gasteiger partial charge is 0.323 e. The highest BCUT2D eigenvalue weighted by atomic mass is 79.9. The molecule has 1 aliphatic heterocycles. The number of nitro groups is 1. The van der Waals surface area contributed by atoms with Gasteiger partial charge in [0.15, 0.2) is 0 Å². The summed E-state index contributed by atoms with van der Waals surface area (Å²) in [4.78, 5) is 24.3. The number of ether oxygens (including phenoxy) is 1. The maximum Gasteiger partial charge on any atom is 0.323 e. The van der Waals surface area contributed by atoms with E-state index in [1.807, 2.05) is 0 Å². The fourth-order valence-corrected chi connectivity index (χ4v) is 3.01. The van der Waals surface area contributed by atoms with Crippen LogP contribution in [-0.4, -0.2) is 35.0 Å². The lowest BCUT2D eigenvalue weighted by molar-refractivity contribution is -0.384. The van der Waals surface area contributed by atoms with E-state index in [9.17, 15) is 14.9 Å². The van der Waals surface area contributed by atoms with Gasteiger partial charge in [0.1, 0.15) is 6.04 Å². The average Bonchev–Trinajstić information content (AvgIpc) is 2.89. The van der Waals surface area contributed by atoms with Crippen LogP contribution in [0.1, 0.15) is 25.3 Å². The third kappa shape index (κ3) is 3.79. The molecule has 1 aromatic rings. The number of benzene rings is 1. The molecule has 0 saturated carbocycles. The molecule has 0 radical (unpaired) electrons. The zero-order valence-electron chi connectivity index (χ0n) is 11.8. The molecule has 7 heteroatoms. The Morgan fingerprint density at radius 1 is 1.57 bits per heavy atom. The Hall–Kier alpha value is -1.47. The number of likely N-dealkylation sites (tertiary alicyclic amines) is 1. The fourth-order valence-electron chi connectivity index (χ4n) is 2.52. The number of rotatable bonds is 5. The van der Waals surface area contributed by atoms with E-state index in [0.717, 1.165) is 24.9 Å². The van der Waals surface area contributed by atoms with E-state index in [1.165, 1.54) is 12.1 Å². The number of halogens is 1. The SMILES string of the molecule is CCOC(=O)C1CCCN1Cc1ccc([N+](=O)[O-])cc1Br. The van der Waals surface area contributed by atoms with Crippen LogP contribution >= 0.6 is 15.9 Å². The molecule has 1 aromatic carbocycles. The number of hydrogen-bond acceptors (Lipinski definition) is 5. The highest BCUT2D eigenvalue weighted by molar-refractivity contribution is 9.10. The molecule has 1 atom stereocenters. The summed E-state index contributed by atoms with van der Waals surface area (Å²) in [5.74, 6) is -0.187. The molecule has 0 aromatic heterocycles. The Kier molecular flexibility index (Phi) is 5.30. The van der Waals surface area contributed by atoms with Gasteiger partial charge < -0.3 is 4.74 Å². The van der Waals surface area contributed by atoms with Crippen LogP contribution in [0.5, 0.6) is 0 Å². The molecule has 6 nitrogen and oxygen atoms in total. The molecule has 1 aliphatic rings. The second-order valence-corrected chi connectivity index (χ2v) is 5.77. The number of hydrogen-bond donors (Lipinski definition) is 0. The van der Waals surface area contributed by atoms with Gasteiger partial charge in [-0.3, -0.25) is 19.8 Å². The van der Waals surface area contributed by atoms with E-state index < -0.39 is 4.92 Å². The molecule has 114 valence electrons. The fraction of sp³-hybridized carbons (Fsp3) is 0.500. The summed E-state index contributed by atoms with van der Waals surface area (Å²) in [5.41, 5.74) is 0.978. The summed E-state index contributed by atoms with van der Waals surface area (Å²) >= 11 is 3.36. The topological polar surface area (TPSA) is 72.7 Å². The minimum absolute atomic E-state index is 0.0500. The molecule has 1 unspecified atom stereocenters. The van der Waals surface area contributed by atoms with Gasteiger partial charge in [0, 0.05) is 23.2 Å². The molecule has 0 spiro atoms. The Bertz CT molecular complexity index is 550. The molecule has 1 heterocycles. The molecule has 0 aliphatic carbocycles. The third-order valence-corrected chi connectivity index (χ3v) is 4.28. The van der Waals surface area contributed by atoms with Crippen molar-refractivity contribution in [3.63, 3.8) is 0 Å². The van der Waals surface area contributed by atoms with Crippen LogP contribution in [0.3, 0.4) is 0 Å². The highest BCUT2D eigenvalue weighted by Crippen LogP contribution is 2.27. The monoisotopic (exact) mass is 356 g/mol. The van der Waals surface area contributed by atoms with E-state index in [2.05, 4.69) is 20.8 Å². The quantitative estimate of drug-likeness (QED) is 0.460. The van der Waals surface area contributed by atoms with Gasteiger partial charge in [-0.25, -0.2) is 0 Å². The number of esters is 1. The van der Waals surface area contributed by atoms with E-state index in [-0.39, 0.29) is 17.7 Å². The second kappa shape index (κ2) is 7.00. The maximum absolute atomic E-state index is 11.9. The van der Waals surface area contributed by atoms with Gasteiger partial charge >= 0.3 is 5.97 Å². The predicted molar refractivity (Wildman–Crippen MR) is 80.9 cm³/mol. The summed E-state index contributed by atoms with van der Waals surface area (Å²) in [7, 11) is 0. The Morgan fingerprint density at radius 3 is 2.95 bits per heavy atom. The molecular weight excluding hydrogens is 340 g/mol. The summed E-state index contributed by atoms with van der Waals surface area (Å²) in [5, 5.41) is 10.7. The molecule has 1 saturated heterocycles.